The number of carbonyl (C=O) groups is 2. The highest BCUT2D eigenvalue weighted by Gasteiger charge is 2.19. The molecule has 0 N–H and O–H groups in total. The highest BCUT2D eigenvalue weighted by Crippen LogP contribution is 2.21. The van der Waals surface area contributed by atoms with Crippen LogP contribution in [0.5, 0.6) is 5.75 Å². The standard InChI is InChI=1S/C20H26N2O3S/c1-4-12-22(13-11-16-8-7-14-26-16)20(24)17-9-5-6-10-18(17)25-15-19(23)21(2)3/h5-10,14H,4,11-13,15H2,1-3H3. The van der Waals surface area contributed by atoms with E-state index in [0.717, 1.165) is 12.8 Å². The van der Waals surface area contributed by atoms with Crippen LogP contribution < -0.4 is 4.74 Å². The summed E-state index contributed by atoms with van der Waals surface area (Å²) >= 11 is 1.70. The number of amides is 2. The number of hydrogen-bond acceptors (Lipinski definition) is 4. The van der Waals surface area contributed by atoms with E-state index in [2.05, 4.69) is 13.0 Å². The van der Waals surface area contributed by atoms with Gasteiger partial charge in [-0.05, 0) is 36.4 Å². The van der Waals surface area contributed by atoms with Crippen LogP contribution in [0.3, 0.4) is 0 Å². The van der Waals surface area contributed by atoms with E-state index in [1.807, 2.05) is 28.5 Å². The summed E-state index contributed by atoms with van der Waals surface area (Å²) in [6.45, 7) is 3.33. The van der Waals surface area contributed by atoms with E-state index in [1.165, 1.54) is 9.78 Å². The summed E-state index contributed by atoms with van der Waals surface area (Å²) in [5.41, 5.74) is 0.499. The summed E-state index contributed by atoms with van der Waals surface area (Å²) in [5.74, 6) is 0.247. The largest absolute Gasteiger partial charge is 0.483 e. The smallest absolute Gasteiger partial charge is 0.259 e. The Morgan fingerprint density at radius 3 is 2.50 bits per heavy atom. The fourth-order valence-electron chi connectivity index (χ4n) is 2.49. The molecule has 140 valence electrons. The Balaban J connectivity index is 2.10. The van der Waals surface area contributed by atoms with Crippen LogP contribution in [-0.4, -0.2) is 55.4 Å². The first-order chi connectivity index (χ1) is 12.5. The van der Waals surface area contributed by atoms with Crippen molar-refractivity contribution < 1.29 is 14.3 Å². The lowest BCUT2D eigenvalue weighted by Gasteiger charge is -2.23. The number of para-hydroxylation sites is 1. The molecule has 0 aliphatic heterocycles. The van der Waals surface area contributed by atoms with Crippen LogP contribution in [0.1, 0.15) is 28.6 Å². The molecule has 0 fully saturated rings. The van der Waals surface area contributed by atoms with Crippen molar-refractivity contribution in [3.63, 3.8) is 0 Å². The van der Waals surface area contributed by atoms with Crippen molar-refractivity contribution in [2.45, 2.75) is 19.8 Å². The molecule has 1 aromatic carbocycles. The first-order valence-corrected chi connectivity index (χ1v) is 9.64. The molecule has 0 radical (unpaired) electrons. The topological polar surface area (TPSA) is 49.9 Å². The van der Waals surface area contributed by atoms with Gasteiger partial charge in [-0.15, -0.1) is 11.3 Å². The normalized spacial score (nSPS) is 10.4. The molecule has 1 heterocycles. The Kier molecular flexibility index (Phi) is 7.66. The molecular formula is C20H26N2O3S. The number of carbonyl (C=O) groups excluding carboxylic acids is 2. The van der Waals surface area contributed by atoms with Gasteiger partial charge in [-0.3, -0.25) is 9.59 Å². The minimum Gasteiger partial charge on any atom is -0.483 e. The molecule has 0 aliphatic rings. The van der Waals surface area contributed by atoms with E-state index in [4.69, 9.17) is 4.74 Å². The summed E-state index contributed by atoms with van der Waals surface area (Å²) in [5, 5.41) is 2.05. The lowest BCUT2D eigenvalue weighted by atomic mass is 10.1. The molecule has 0 bridgehead atoms. The van der Waals surface area contributed by atoms with Gasteiger partial charge >= 0.3 is 0 Å². The Bertz CT molecular complexity index is 714. The van der Waals surface area contributed by atoms with Crippen molar-refractivity contribution in [2.24, 2.45) is 0 Å². The molecule has 26 heavy (non-hydrogen) atoms. The summed E-state index contributed by atoms with van der Waals surface area (Å²) in [4.78, 5) is 29.4. The first-order valence-electron chi connectivity index (χ1n) is 8.76. The second-order valence-corrected chi connectivity index (χ2v) is 7.23. The van der Waals surface area contributed by atoms with Crippen molar-refractivity contribution >= 4 is 23.2 Å². The number of ether oxygens (including phenoxy) is 1. The minimum absolute atomic E-state index is 0.0590. The van der Waals surface area contributed by atoms with Gasteiger partial charge in [-0.25, -0.2) is 0 Å². The van der Waals surface area contributed by atoms with E-state index in [9.17, 15) is 9.59 Å². The Labute approximate surface area is 159 Å². The molecule has 0 saturated heterocycles. The zero-order valence-electron chi connectivity index (χ0n) is 15.6. The van der Waals surface area contributed by atoms with Crippen molar-refractivity contribution in [2.75, 3.05) is 33.8 Å². The van der Waals surface area contributed by atoms with Crippen LogP contribution in [0.2, 0.25) is 0 Å². The number of nitrogens with zero attached hydrogens (tertiary/aromatic N) is 2. The van der Waals surface area contributed by atoms with Gasteiger partial charge in [0.2, 0.25) is 0 Å². The highest BCUT2D eigenvalue weighted by atomic mass is 32.1. The molecule has 0 aliphatic carbocycles. The van der Waals surface area contributed by atoms with Crippen LogP contribution in [0, 0.1) is 0 Å². The average Bonchev–Trinajstić information content (AvgIpc) is 3.16. The zero-order valence-corrected chi connectivity index (χ0v) is 16.4. The molecule has 0 spiro atoms. The number of likely N-dealkylation sites (N-methyl/N-ethyl adjacent to an activating group) is 1. The van der Waals surface area contributed by atoms with Crippen LogP contribution in [-0.2, 0) is 11.2 Å². The van der Waals surface area contributed by atoms with Gasteiger partial charge in [-0.1, -0.05) is 25.1 Å². The average molecular weight is 375 g/mol. The lowest BCUT2D eigenvalue weighted by molar-refractivity contribution is -0.130. The summed E-state index contributed by atoms with van der Waals surface area (Å²) < 4.78 is 5.62. The van der Waals surface area contributed by atoms with E-state index in [-0.39, 0.29) is 18.4 Å². The third-order valence-corrected chi connectivity index (χ3v) is 4.89. The minimum atomic E-state index is -0.143. The van der Waals surface area contributed by atoms with Crippen molar-refractivity contribution in [1.82, 2.24) is 9.80 Å². The molecular weight excluding hydrogens is 348 g/mol. The summed E-state index contributed by atoms with van der Waals surface area (Å²) in [7, 11) is 3.35. The maximum atomic E-state index is 13.0. The van der Waals surface area contributed by atoms with E-state index >= 15 is 0 Å². The van der Waals surface area contributed by atoms with Crippen molar-refractivity contribution in [3.05, 3.63) is 52.2 Å². The van der Waals surface area contributed by atoms with Gasteiger partial charge in [0.15, 0.2) is 6.61 Å². The highest BCUT2D eigenvalue weighted by molar-refractivity contribution is 7.09. The molecule has 0 unspecified atom stereocenters. The quantitative estimate of drug-likeness (QED) is 0.677. The van der Waals surface area contributed by atoms with Crippen LogP contribution in [0.15, 0.2) is 41.8 Å². The number of benzene rings is 1. The molecule has 6 heteroatoms. The third-order valence-electron chi connectivity index (χ3n) is 3.96. The van der Waals surface area contributed by atoms with Gasteiger partial charge in [0.05, 0.1) is 5.56 Å². The van der Waals surface area contributed by atoms with Gasteiger partial charge in [0.25, 0.3) is 11.8 Å². The van der Waals surface area contributed by atoms with Crippen molar-refractivity contribution in [3.8, 4) is 5.75 Å². The molecule has 2 amide bonds. The Morgan fingerprint density at radius 1 is 1.08 bits per heavy atom. The zero-order chi connectivity index (χ0) is 18.9. The fourth-order valence-corrected chi connectivity index (χ4v) is 3.19. The first kappa shape index (κ1) is 20.0. The molecule has 0 atom stereocenters. The maximum Gasteiger partial charge on any atom is 0.259 e. The predicted molar refractivity (Wildman–Crippen MR) is 105 cm³/mol. The molecule has 2 rings (SSSR count). The third kappa shape index (κ3) is 5.59. The van der Waals surface area contributed by atoms with Gasteiger partial charge in [0.1, 0.15) is 5.75 Å². The van der Waals surface area contributed by atoms with Gasteiger partial charge in [0, 0.05) is 32.1 Å². The second-order valence-electron chi connectivity index (χ2n) is 6.19. The van der Waals surface area contributed by atoms with E-state index < -0.39 is 0 Å². The molecule has 0 saturated carbocycles. The SMILES string of the molecule is CCCN(CCc1cccs1)C(=O)c1ccccc1OCC(=O)N(C)C. The van der Waals surface area contributed by atoms with Gasteiger partial charge < -0.3 is 14.5 Å². The van der Waals surface area contributed by atoms with Crippen LogP contribution in [0.25, 0.3) is 0 Å². The van der Waals surface area contributed by atoms with Crippen molar-refractivity contribution in [1.29, 1.82) is 0 Å². The fraction of sp³-hybridized carbons (Fsp3) is 0.400. The van der Waals surface area contributed by atoms with E-state index in [1.54, 1.807) is 37.6 Å². The Morgan fingerprint density at radius 2 is 1.85 bits per heavy atom. The molecule has 5 nitrogen and oxygen atoms in total. The molecule has 1 aromatic heterocycles. The van der Waals surface area contributed by atoms with Crippen LogP contribution >= 0.6 is 11.3 Å². The van der Waals surface area contributed by atoms with E-state index in [0.29, 0.717) is 24.4 Å². The predicted octanol–water partition coefficient (Wildman–Crippen LogP) is 3.31. The number of thiophene rings is 1. The van der Waals surface area contributed by atoms with Gasteiger partial charge in [-0.2, -0.15) is 0 Å². The Hall–Kier alpha value is -2.34. The monoisotopic (exact) mass is 374 g/mol. The number of rotatable bonds is 9. The number of hydrogen-bond donors (Lipinski definition) is 0. The summed E-state index contributed by atoms with van der Waals surface area (Å²) in [6, 6.07) is 11.2. The second kappa shape index (κ2) is 9.97. The lowest BCUT2D eigenvalue weighted by Crippen LogP contribution is -2.34. The maximum absolute atomic E-state index is 13.0. The summed E-state index contributed by atoms with van der Waals surface area (Å²) in [6.07, 6.45) is 1.73. The molecule has 2 aromatic rings. The van der Waals surface area contributed by atoms with Crippen LogP contribution in [0.4, 0.5) is 0 Å².